The summed E-state index contributed by atoms with van der Waals surface area (Å²) in [6, 6.07) is 10.7. The molecular weight excluding hydrogens is 477 g/mol. The molecule has 0 saturated carbocycles. The summed E-state index contributed by atoms with van der Waals surface area (Å²) in [6.45, 7) is 3.71. The molecule has 186 valence electrons. The SMILES string of the molecule is Cc1ccnc(-c2cc(/C(C#N)=C3/C=C(C(F)(F)F)c4cc5c6c(c4O3)CCCN6CCC5)ccn2)c1. The van der Waals surface area contributed by atoms with Crippen molar-refractivity contribution in [2.75, 3.05) is 18.0 Å². The number of benzene rings is 1. The van der Waals surface area contributed by atoms with Gasteiger partial charge in [0.2, 0.25) is 0 Å². The van der Waals surface area contributed by atoms with Crippen molar-refractivity contribution in [3.8, 4) is 23.2 Å². The standard InChI is InChI=1S/C29H23F3N4O/c1-17-6-8-34-24(12-17)25-14-18(7-9-35-25)22(16-33)26-15-23(29(30,31)32)21-13-19-4-2-10-36-11-3-5-20(27(19)36)28(21)37-26/h6-9,12-15H,2-5,10-11H2,1H3/b26-22-. The molecule has 6 rings (SSSR count). The van der Waals surface area contributed by atoms with Crippen LogP contribution in [0.25, 0.3) is 22.5 Å². The third-order valence-corrected chi connectivity index (χ3v) is 7.14. The Morgan fingerprint density at radius 1 is 1.03 bits per heavy atom. The maximum absolute atomic E-state index is 14.4. The molecule has 0 atom stereocenters. The number of hydrogen-bond acceptors (Lipinski definition) is 5. The smallest absolute Gasteiger partial charge is 0.417 e. The number of nitrogens with zero attached hydrogens (tertiary/aromatic N) is 4. The third-order valence-electron chi connectivity index (χ3n) is 7.14. The maximum atomic E-state index is 14.4. The van der Waals surface area contributed by atoms with Crippen LogP contribution in [-0.2, 0) is 12.8 Å². The zero-order valence-corrected chi connectivity index (χ0v) is 20.2. The maximum Gasteiger partial charge on any atom is 0.417 e. The Bertz CT molecular complexity index is 1530. The monoisotopic (exact) mass is 500 g/mol. The number of nitriles is 1. The molecule has 0 bridgehead atoms. The van der Waals surface area contributed by atoms with Crippen LogP contribution in [0.3, 0.4) is 0 Å². The number of ether oxygens (including phenoxy) is 1. The Hall–Kier alpha value is -4.12. The number of allylic oxidation sites excluding steroid dienone is 3. The number of rotatable bonds is 2. The van der Waals surface area contributed by atoms with Crippen LogP contribution in [0.1, 0.15) is 40.7 Å². The molecule has 0 aliphatic carbocycles. The molecule has 0 unspecified atom stereocenters. The molecule has 0 fully saturated rings. The Balaban J connectivity index is 1.54. The molecule has 2 aromatic heterocycles. The molecule has 1 aromatic carbocycles. The number of aromatic nitrogens is 2. The van der Waals surface area contributed by atoms with Crippen LogP contribution in [0.5, 0.6) is 5.75 Å². The van der Waals surface area contributed by atoms with Crippen molar-refractivity contribution in [3.05, 3.63) is 82.4 Å². The summed E-state index contributed by atoms with van der Waals surface area (Å²) in [4.78, 5) is 11.0. The van der Waals surface area contributed by atoms with Gasteiger partial charge in [-0.05, 0) is 85.7 Å². The van der Waals surface area contributed by atoms with Crippen LogP contribution in [0.15, 0.2) is 54.6 Å². The van der Waals surface area contributed by atoms with Crippen LogP contribution in [0.4, 0.5) is 18.9 Å². The fraction of sp³-hybridized carbons (Fsp3) is 0.276. The Kier molecular flexibility index (Phi) is 5.52. The Morgan fingerprint density at radius 2 is 1.76 bits per heavy atom. The largest absolute Gasteiger partial charge is 0.455 e. The second kappa shape index (κ2) is 8.77. The first kappa shape index (κ1) is 23.3. The average molecular weight is 501 g/mol. The molecule has 3 aromatic rings. The molecular formula is C29H23F3N4O. The summed E-state index contributed by atoms with van der Waals surface area (Å²) >= 11 is 0. The summed E-state index contributed by atoms with van der Waals surface area (Å²) in [5.41, 5.74) is 4.59. The van der Waals surface area contributed by atoms with Crippen molar-refractivity contribution in [1.29, 1.82) is 5.26 Å². The highest BCUT2D eigenvalue weighted by Crippen LogP contribution is 2.51. The van der Waals surface area contributed by atoms with Gasteiger partial charge in [0, 0.05) is 42.3 Å². The van der Waals surface area contributed by atoms with E-state index in [9.17, 15) is 18.4 Å². The molecule has 0 N–H and O–H groups in total. The first-order valence-corrected chi connectivity index (χ1v) is 12.3. The number of aryl methyl sites for hydroxylation is 2. The van der Waals surface area contributed by atoms with Crippen molar-refractivity contribution in [1.82, 2.24) is 9.97 Å². The number of fused-ring (bicyclic) bond motifs is 2. The van der Waals surface area contributed by atoms with Crippen molar-refractivity contribution in [3.63, 3.8) is 0 Å². The summed E-state index contributed by atoms with van der Waals surface area (Å²) in [5, 5.41) is 10.1. The lowest BCUT2D eigenvalue weighted by molar-refractivity contribution is -0.0694. The topological polar surface area (TPSA) is 62.0 Å². The van der Waals surface area contributed by atoms with E-state index < -0.39 is 11.7 Å². The zero-order valence-electron chi connectivity index (χ0n) is 20.2. The highest BCUT2D eigenvalue weighted by atomic mass is 19.4. The second-order valence-corrected chi connectivity index (χ2v) is 9.59. The van der Waals surface area contributed by atoms with Crippen molar-refractivity contribution in [2.24, 2.45) is 0 Å². The first-order valence-electron chi connectivity index (χ1n) is 12.3. The zero-order chi connectivity index (χ0) is 25.7. The fourth-order valence-corrected chi connectivity index (χ4v) is 5.52. The molecule has 37 heavy (non-hydrogen) atoms. The van der Waals surface area contributed by atoms with E-state index in [2.05, 4.69) is 20.9 Å². The van der Waals surface area contributed by atoms with Gasteiger partial charge in [0.05, 0.1) is 17.0 Å². The van der Waals surface area contributed by atoms with Gasteiger partial charge in [-0.1, -0.05) is 0 Å². The lowest BCUT2D eigenvalue weighted by atomic mass is 9.86. The summed E-state index contributed by atoms with van der Waals surface area (Å²) in [7, 11) is 0. The Labute approximate surface area is 212 Å². The Morgan fingerprint density at radius 3 is 2.49 bits per heavy atom. The molecule has 5 nitrogen and oxygen atoms in total. The predicted octanol–water partition coefficient (Wildman–Crippen LogP) is 6.42. The van der Waals surface area contributed by atoms with Gasteiger partial charge in [-0.2, -0.15) is 18.4 Å². The van der Waals surface area contributed by atoms with Crippen LogP contribution >= 0.6 is 0 Å². The predicted molar refractivity (Wildman–Crippen MR) is 135 cm³/mol. The van der Waals surface area contributed by atoms with Gasteiger partial charge in [-0.25, -0.2) is 0 Å². The number of alkyl halides is 3. The molecule has 3 aliphatic heterocycles. The van der Waals surface area contributed by atoms with Crippen LogP contribution in [0, 0.1) is 18.3 Å². The van der Waals surface area contributed by atoms with Gasteiger partial charge in [-0.3, -0.25) is 9.97 Å². The molecule has 5 heterocycles. The quantitative estimate of drug-likeness (QED) is 0.380. The number of pyridine rings is 2. The molecule has 0 radical (unpaired) electrons. The molecule has 0 spiro atoms. The van der Waals surface area contributed by atoms with E-state index in [1.807, 2.05) is 19.1 Å². The van der Waals surface area contributed by atoms with Crippen LogP contribution in [0.2, 0.25) is 0 Å². The minimum absolute atomic E-state index is 0.0151. The minimum Gasteiger partial charge on any atom is -0.455 e. The molecule has 8 heteroatoms. The van der Waals surface area contributed by atoms with Crippen molar-refractivity contribution in [2.45, 2.75) is 38.8 Å². The normalized spacial score (nSPS) is 17.7. The van der Waals surface area contributed by atoms with E-state index in [-0.39, 0.29) is 22.6 Å². The molecule has 0 saturated heterocycles. The van der Waals surface area contributed by atoms with E-state index in [4.69, 9.17) is 4.74 Å². The van der Waals surface area contributed by atoms with Gasteiger partial charge in [0.1, 0.15) is 23.2 Å². The number of halogens is 3. The first-order chi connectivity index (χ1) is 17.8. The average Bonchev–Trinajstić information content (AvgIpc) is 2.89. The van der Waals surface area contributed by atoms with Crippen LogP contribution in [-0.4, -0.2) is 29.2 Å². The summed E-state index contributed by atoms with van der Waals surface area (Å²) < 4.78 is 49.4. The van der Waals surface area contributed by atoms with E-state index in [0.717, 1.165) is 60.8 Å². The number of anilines is 1. The van der Waals surface area contributed by atoms with Crippen molar-refractivity contribution >= 4 is 16.8 Å². The minimum atomic E-state index is -4.61. The highest BCUT2D eigenvalue weighted by Gasteiger charge is 2.42. The van der Waals surface area contributed by atoms with E-state index in [1.165, 1.54) is 6.20 Å². The van der Waals surface area contributed by atoms with Gasteiger partial charge >= 0.3 is 6.18 Å². The lowest BCUT2D eigenvalue weighted by Crippen LogP contribution is -2.35. The third kappa shape index (κ3) is 4.05. The van der Waals surface area contributed by atoms with Gasteiger partial charge in [-0.15, -0.1) is 0 Å². The van der Waals surface area contributed by atoms with E-state index >= 15 is 0 Å². The molecule has 3 aliphatic rings. The molecule has 0 amide bonds. The lowest BCUT2D eigenvalue weighted by Gasteiger charge is -2.39. The van der Waals surface area contributed by atoms with Crippen molar-refractivity contribution < 1.29 is 17.9 Å². The van der Waals surface area contributed by atoms with E-state index in [1.54, 1.807) is 24.4 Å². The van der Waals surface area contributed by atoms with Crippen LogP contribution < -0.4 is 9.64 Å². The van der Waals surface area contributed by atoms with Gasteiger partial charge in [0.25, 0.3) is 0 Å². The second-order valence-electron chi connectivity index (χ2n) is 9.59. The number of hydrogen-bond donors (Lipinski definition) is 0. The summed E-state index contributed by atoms with van der Waals surface area (Å²) in [6.07, 6.45) is 2.70. The summed E-state index contributed by atoms with van der Waals surface area (Å²) in [5.74, 6) is 0.110. The van der Waals surface area contributed by atoms with Gasteiger partial charge in [0.15, 0.2) is 0 Å². The fourth-order valence-electron chi connectivity index (χ4n) is 5.52. The highest BCUT2D eigenvalue weighted by molar-refractivity contribution is 5.89. The van der Waals surface area contributed by atoms with Gasteiger partial charge < -0.3 is 9.64 Å². The van der Waals surface area contributed by atoms with E-state index in [0.29, 0.717) is 23.4 Å².